The second-order valence-corrected chi connectivity index (χ2v) is 6.22. The van der Waals surface area contributed by atoms with Crippen molar-refractivity contribution in [1.82, 2.24) is 4.90 Å². The number of esters is 1. The van der Waals surface area contributed by atoms with Crippen LogP contribution in [0.3, 0.4) is 0 Å². The molecule has 1 amide bonds. The molecule has 2 aromatic rings. The fourth-order valence-electron chi connectivity index (χ4n) is 2.44. The van der Waals surface area contributed by atoms with Crippen molar-refractivity contribution < 1.29 is 32.6 Å². The van der Waals surface area contributed by atoms with Crippen LogP contribution in [0, 0.1) is 0 Å². The Labute approximate surface area is 173 Å². The maximum atomic E-state index is 12.1. The predicted octanol–water partition coefficient (Wildman–Crippen LogP) is 3.90. The maximum absolute atomic E-state index is 12.1. The first-order valence-corrected chi connectivity index (χ1v) is 9.22. The van der Waals surface area contributed by atoms with Crippen LogP contribution in [0.15, 0.2) is 54.6 Å². The number of rotatable bonds is 10. The zero-order chi connectivity index (χ0) is 21.9. The molecule has 0 saturated heterocycles. The number of alkyl halides is 2. The molecular formula is C22H23F2NO5. The average molecular weight is 419 g/mol. The monoisotopic (exact) mass is 419 g/mol. The summed E-state index contributed by atoms with van der Waals surface area (Å²) in [5.41, 5.74) is 1.51. The van der Waals surface area contributed by atoms with Gasteiger partial charge in [-0.1, -0.05) is 24.3 Å². The van der Waals surface area contributed by atoms with E-state index in [4.69, 9.17) is 9.47 Å². The predicted molar refractivity (Wildman–Crippen MR) is 107 cm³/mol. The Morgan fingerprint density at radius 2 is 1.67 bits per heavy atom. The Kier molecular flexibility index (Phi) is 8.80. The first-order valence-electron chi connectivity index (χ1n) is 9.22. The van der Waals surface area contributed by atoms with Gasteiger partial charge in [-0.2, -0.15) is 8.78 Å². The molecule has 0 unspecified atom stereocenters. The number of hydrogen-bond donors (Lipinski definition) is 0. The zero-order valence-electron chi connectivity index (χ0n) is 16.7. The van der Waals surface area contributed by atoms with E-state index in [9.17, 15) is 18.4 Å². The maximum Gasteiger partial charge on any atom is 0.387 e. The first kappa shape index (κ1) is 22.9. The number of likely N-dealkylation sites (N-methyl/N-ethyl adjacent to an activating group) is 1. The summed E-state index contributed by atoms with van der Waals surface area (Å²) in [5, 5.41) is 0. The molecule has 0 radical (unpaired) electrons. The molecule has 30 heavy (non-hydrogen) atoms. The smallest absolute Gasteiger partial charge is 0.387 e. The van der Waals surface area contributed by atoms with E-state index in [-0.39, 0.29) is 11.7 Å². The molecule has 2 aromatic carbocycles. The molecule has 0 fully saturated rings. The minimum atomic E-state index is -2.90. The van der Waals surface area contributed by atoms with Gasteiger partial charge in [0, 0.05) is 19.7 Å². The summed E-state index contributed by atoms with van der Waals surface area (Å²) in [5.74, 6) is -0.261. The first-order chi connectivity index (χ1) is 14.4. The summed E-state index contributed by atoms with van der Waals surface area (Å²) in [4.78, 5) is 25.4. The van der Waals surface area contributed by atoms with Gasteiger partial charge < -0.3 is 19.1 Å². The SMILES string of the molecule is CCOc1ccc(CN(C)C(=O)COC(=O)/C=C/c2ccc(OC(F)F)cc2)cc1. The lowest BCUT2D eigenvalue weighted by atomic mass is 10.2. The number of nitrogens with zero attached hydrogens (tertiary/aromatic N) is 1. The number of benzene rings is 2. The molecule has 6 nitrogen and oxygen atoms in total. The van der Waals surface area contributed by atoms with Crippen LogP contribution in [-0.2, 0) is 20.9 Å². The number of ether oxygens (including phenoxy) is 3. The van der Waals surface area contributed by atoms with Crippen molar-refractivity contribution in [2.75, 3.05) is 20.3 Å². The lowest BCUT2D eigenvalue weighted by molar-refractivity contribution is -0.147. The Hall–Kier alpha value is -3.42. The fourth-order valence-corrected chi connectivity index (χ4v) is 2.44. The summed E-state index contributed by atoms with van der Waals surface area (Å²) in [6.07, 6.45) is 2.60. The number of amides is 1. The molecular weight excluding hydrogens is 396 g/mol. The second kappa shape index (κ2) is 11.5. The van der Waals surface area contributed by atoms with E-state index in [1.807, 2.05) is 31.2 Å². The molecule has 0 bridgehead atoms. The van der Waals surface area contributed by atoms with Crippen molar-refractivity contribution >= 4 is 18.0 Å². The molecule has 0 saturated carbocycles. The Bertz CT molecular complexity index is 851. The second-order valence-electron chi connectivity index (χ2n) is 6.22. The van der Waals surface area contributed by atoms with E-state index in [2.05, 4.69) is 4.74 Å². The van der Waals surface area contributed by atoms with Crippen molar-refractivity contribution in [3.05, 3.63) is 65.7 Å². The molecule has 0 aromatic heterocycles. The molecule has 0 spiro atoms. The minimum Gasteiger partial charge on any atom is -0.494 e. The highest BCUT2D eigenvalue weighted by molar-refractivity contribution is 5.89. The Morgan fingerprint density at radius 3 is 2.27 bits per heavy atom. The standard InChI is InChI=1S/C22H23F2NO5/c1-3-28-18-9-6-17(7-10-18)14-25(2)20(26)15-29-21(27)13-8-16-4-11-19(12-5-16)30-22(23)24/h4-13,22H,3,14-15H2,1-2H3/b13-8+. The van der Waals surface area contributed by atoms with Crippen LogP contribution in [-0.4, -0.2) is 43.6 Å². The van der Waals surface area contributed by atoms with Crippen molar-refractivity contribution in [2.24, 2.45) is 0 Å². The van der Waals surface area contributed by atoms with E-state index in [0.717, 1.165) is 17.4 Å². The largest absolute Gasteiger partial charge is 0.494 e. The van der Waals surface area contributed by atoms with E-state index in [0.29, 0.717) is 18.7 Å². The third-order valence-corrected chi connectivity index (χ3v) is 3.93. The van der Waals surface area contributed by atoms with Gasteiger partial charge in [0.25, 0.3) is 5.91 Å². The summed E-state index contributed by atoms with van der Waals surface area (Å²) < 4.78 is 38.8. The van der Waals surface area contributed by atoms with Crippen LogP contribution in [0.25, 0.3) is 6.08 Å². The number of carbonyl (C=O) groups is 2. The number of hydrogen-bond acceptors (Lipinski definition) is 5. The van der Waals surface area contributed by atoms with Gasteiger partial charge in [-0.25, -0.2) is 4.79 Å². The van der Waals surface area contributed by atoms with Crippen molar-refractivity contribution in [3.8, 4) is 11.5 Å². The number of halogens is 2. The summed E-state index contributed by atoms with van der Waals surface area (Å²) in [6.45, 7) is -0.441. The van der Waals surface area contributed by atoms with Crippen LogP contribution < -0.4 is 9.47 Å². The quantitative estimate of drug-likeness (QED) is 0.432. The van der Waals surface area contributed by atoms with Gasteiger partial charge in [0.05, 0.1) is 6.61 Å². The number of carbonyl (C=O) groups excluding carboxylic acids is 2. The summed E-state index contributed by atoms with van der Waals surface area (Å²) >= 11 is 0. The molecule has 0 aliphatic rings. The van der Waals surface area contributed by atoms with Gasteiger partial charge >= 0.3 is 12.6 Å². The van der Waals surface area contributed by atoms with Crippen LogP contribution in [0.4, 0.5) is 8.78 Å². The lowest BCUT2D eigenvalue weighted by Crippen LogP contribution is -2.30. The third-order valence-electron chi connectivity index (χ3n) is 3.93. The topological polar surface area (TPSA) is 65.1 Å². The Morgan fingerprint density at radius 1 is 1.03 bits per heavy atom. The summed E-state index contributed by atoms with van der Waals surface area (Å²) in [7, 11) is 1.62. The van der Waals surface area contributed by atoms with E-state index < -0.39 is 19.2 Å². The Balaban J connectivity index is 1.77. The van der Waals surface area contributed by atoms with Crippen molar-refractivity contribution in [2.45, 2.75) is 20.1 Å². The molecule has 0 aliphatic heterocycles. The van der Waals surface area contributed by atoms with Gasteiger partial charge in [-0.3, -0.25) is 4.79 Å². The van der Waals surface area contributed by atoms with Crippen molar-refractivity contribution in [1.29, 1.82) is 0 Å². The molecule has 8 heteroatoms. The van der Waals surface area contributed by atoms with Crippen LogP contribution in [0.2, 0.25) is 0 Å². The third kappa shape index (κ3) is 7.90. The van der Waals surface area contributed by atoms with Gasteiger partial charge in [-0.15, -0.1) is 0 Å². The van der Waals surface area contributed by atoms with Gasteiger partial charge in [0.15, 0.2) is 6.61 Å². The highest BCUT2D eigenvalue weighted by atomic mass is 19.3. The van der Waals surface area contributed by atoms with E-state index >= 15 is 0 Å². The van der Waals surface area contributed by atoms with Crippen LogP contribution in [0.5, 0.6) is 11.5 Å². The highest BCUT2D eigenvalue weighted by Gasteiger charge is 2.11. The molecule has 0 atom stereocenters. The fraction of sp³-hybridized carbons (Fsp3) is 0.273. The van der Waals surface area contributed by atoms with Crippen molar-refractivity contribution in [3.63, 3.8) is 0 Å². The summed E-state index contributed by atoms with van der Waals surface area (Å²) in [6, 6.07) is 13.1. The van der Waals surface area contributed by atoms with Crippen LogP contribution >= 0.6 is 0 Å². The normalized spacial score (nSPS) is 10.8. The molecule has 0 heterocycles. The molecule has 160 valence electrons. The van der Waals surface area contributed by atoms with Crippen LogP contribution in [0.1, 0.15) is 18.1 Å². The molecule has 0 N–H and O–H groups in total. The van der Waals surface area contributed by atoms with Gasteiger partial charge in [0.2, 0.25) is 0 Å². The van der Waals surface area contributed by atoms with E-state index in [1.165, 1.54) is 35.2 Å². The lowest BCUT2D eigenvalue weighted by Gasteiger charge is -2.17. The molecule has 0 aliphatic carbocycles. The zero-order valence-corrected chi connectivity index (χ0v) is 16.7. The highest BCUT2D eigenvalue weighted by Crippen LogP contribution is 2.16. The van der Waals surface area contributed by atoms with Gasteiger partial charge in [-0.05, 0) is 48.4 Å². The minimum absolute atomic E-state index is 0.0193. The average Bonchev–Trinajstić information content (AvgIpc) is 2.72. The van der Waals surface area contributed by atoms with Gasteiger partial charge in [0.1, 0.15) is 11.5 Å². The van der Waals surface area contributed by atoms with E-state index in [1.54, 1.807) is 7.05 Å². The molecule has 2 rings (SSSR count).